The molecule has 1 aromatic carbocycles. The molecule has 0 saturated heterocycles. The molecule has 1 N–H and O–H groups in total. The van der Waals surface area contributed by atoms with Crippen molar-refractivity contribution in [3.63, 3.8) is 0 Å². The zero-order chi connectivity index (χ0) is 13.7. The van der Waals surface area contributed by atoms with Gasteiger partial charge in [0.2, 0.25) is 0 Å². The van der Waals surface area contributed by atoms with E-state index in [1.165, 1.54) is 30.4 Å². The number of hydrogen-bond donors (Lipinski definition) is 1. The van der Waals surface area contributed by atoms with Gasteiger partial charge in [0, 0.05) is 7.11 Å². The van der Waals surface area contributed by atoms with Crippen molar-refractivity contribution in [1.29, 1.82) is 0 Å². The van der Waals surface area contributed by atoms with E-state index < -0.39 is 0 Å². The largest absolute Gasteiger partial charge is 0.379 e. The molecule has 0 aliphatic heterocycles. The van der Waals surface area contributed by atoms with Crippen molar-refractivity contribution in [2.24, 2.45) is 0 Å². The average Bonchev–Trinajstić information content (AvgIpc) is 2.38. The van der Waals surface area contributed by atoms with Gasteiger partial charge in [-0.05, 0) is 42.9 Å². The molecule has 0 aromatic heterocycles. The molecule has 19 heavy (non-hydrogen) atoms. The lowest BCUT2D eigenvalue weighted by Crippen LogP contribution is -2.32. The van der Waals surface area contributed by atoms with Crippen molar-refractivity contribution in [3.05, 3.63) is 35.4 Å². The van der Waals surface area contributed by atoms with Gasteiger partial charge in [-0.3, -0.25) is 0 Å². The van der Waals surface area contributed by atoms with Gasteiger partial charge in [0.25, 0.3) is 0 Å². The van der Waals surface area contributed by atoms with E-state index in [1.54, 1.807) is 7.11 Å². The summed E-state index contributed by atoms with van der Waals surface area (Å²) in [5, 5.41) is 3.55. The van der Waals surface area contributed by atoms with Crippen LogP contribution in [0.15, 0.2) is 24.3 Å². The van der Waals surface area contributed by atoms with Crippen LogP contribution in [0.25, 0.3) is 0 Å². The lowest BCUT2D eigenvalue weighted by molar-refractivity contribution is 0.0656. The molecule has 0 radical (unpaired) electrons. The molecule has 2 atom stereocenters. The summed E-state index contributed by atoms with van der Waals surface area (Å²) in [6.07, 6.45) is 5.40. The SMILES string of the molecule is CCNC(c1ccc(C2CCC2)cc1)C(CC)OC. The van der Waals surface area contributed by atoms with Crippen LogP contribution in [0.2, 0.25) is 0 Å². The topological polar surface area (TPSA) is 21.3 Å². The molecule has 0 amide bonds. The normalized spacial score (nSPS) is 18.9. The highest BCUT2D eigenvalue weighted by Crippen LogP contribution is 2.36. The van der Waals surface area contributed by atoms with E-state index in [-0.39, 0.29) is 6.10 Å². The summed E-state index contributed by atoms with van der Waals surface area (Å²) in [4.78, 5) is 0. The lowest BCUT2D eigenvalue weighted by atomic mass is 9.79. The maximum atomic E-state index is 5.62. The monoisotopic (exact) mass is 261 g/mol. The minimum atomic E-state index is 0.245. The second kappa shape index (κ2) is 7.06. The Morgan fingerprint density at radius 3 is 2.32 bits per heavy atom. The van der Waals surface area contributed by atoms with Gasteiger partial charge in [0.05, 0.1) is 12.1 Å². The van der Waals surface area contributed by atoms with Crippen molar-refractivity contribution in [2.75, 3.05) is 13.7 Å². The molecule has 106 valence electrons. The Hall–Kier alpha value is -0.860. The van der Waals surface area contributed by atoms with Gasteiger partial charge in [-0.1, -0.05) is 44.5 Å². The third kappa shape index (κ3) is 3.37. The third-order valence-corrected chi connectivity index (χ3v) is 4.37. The predicted molar refractivity (Wildman–Crippen MR) is 80.5 cm³/mol. The number of rotatable bonds is 7. The summed E-state index contributed by atoms with van der Waals surface area (Å²) in [7, 11) is 1.81. The molecule has 0 heterocycles. The van der Waals surface area contributed by atoms with Gasteiger partial charge in [0.15, 0.2) is 0 Å². The molecular formula is C17H27NO. The van der Waals surface area contributed by atoms with Crippen LogP contribution in [0.5, 0.6) is 0 Å². The van der Waals surface area contributed by atoms with Crippen LogP contribution in [0, 0.1) is 0 Å². The van der Waals surface area contributed by atoms with Crippen LogP contribution in [-0.4, -0.2) is 19.8 Å². The van der Waals surface area contributed by atoms with Crippen LogP contribution >= 0.6 is 0 Å². The average molecular weight is 261 g/mol. The molecular weight excluding hydrogens is 234 g/mol. The molecule has 1 saturated carbocycles. The zero-order valence-electron chi connectivity index (χ0n) is 12.5. The second-order valence-electron chi connectivity index (χ2n) is 5.51. The van der Waals surface area contributed by atoms with Gasteiger partial charge >= 0.3 is 0 Å². The van der Waals surface area contributed by atoms with Crippen molar-refractivity contribution in [3.8, 4) is 0 Å². The smallest absolute Gasteiger partial charge is 0.0763 e. The van der Waals surface area contributed by atoms with E-state index in [4.69, 9.17) is 4.74 Å². The highest BCUT2D eigenvalue weighted by molar-refractivity contribution is 5.29. The summed E-state index contributed by atoms with van der Waals surface area (Å²) < 4.78 is 5.62. The molecule has 1 aliphatic carbocycles. The first-order chi connectivity index (χ1) is 9.30. The minimum absolute atomic E-state index is 0.245. The maximum Gasteiger partial charge on any atom is 0.0763 e. The van der Waals surface area contributed by atoms with E-state index in [2.05, 4.69) is 43.4 Å². The minimum Gasteiger partial charge on any atom is -0.379 e. The molecule has 1 fully saturated rings. The lowest BCUT2D eigenvalue weighted by Gasteiger charge is -2.28. The summed E-state index contributed by atoms with van der Waals surface area (Å²) in [6.45, 7) is 5.30. The number of methoxy groups -OCH3 is 1. The Bertz CT molecular complexity index is 365. The number of benzene rings is 1. The first-order valence-corrected chi connectivity index (χ1v) is 7.66. The summed E-state index contributed by atoms with van der Waals surface area (Å²) in [6, 6.07) is 9.48. The number of ether oxygens (including phenoxy) is 1. The second-order valence-corrected chi connectivity index (χ2v) is 5.51. The molecule has 2 nitrogen and oxygen atoms in total. The molecule has 0 bridgehead atoms. The highest BCUT2D eigenvalue weighted by atomic mass is 16.5. The van der Waals surface area contributed by atoms with Crippen molar-refractivity contribution < 1.29 is 4.74 Å². The van der Waals surface area contributed by atoms with Crippen LogP contribution in [0.3, 0.4) is 0 Å². The van der Waals surface area contributed by atoms with E-state index >= 15 is 0 Å². The molecule has 2 rings (SSSR count). The van der Waals surface area contributed by atoms with Crippen LogP contribution in [-0.2, 0) is 4.74 Å². The number of nitrogens with one attached hydrogen (secondary N) is 1. The Balaban J connectivity index is 2.11. The maximum absolute atomic E-state index is 5.62. The zero-order valence-corrected chi connectivity index (χ0v) is 12.5. The van der Waals surface area contributed by atoms with Crippen LogP contribution in [0.1, 0.15) is 62.6 Å². The van der Waals surface area contributed by atoms with Gasteiger partial charge in [-0.25, -0.2) is 0 Å². The molecule has 2 unspecified atom stereocenters. The van der Waals surface area contributed by atoms with Crippen molar-refractivity contribution >= 4 is 0 Å². The quantitative estimate of drug-likeness (QED) is 0.800. The Morgan fingerprint density at radius 1 is 1.21 bits per heavy atom. The van der Waals surface area contributed by atoms with Gasteiger partial charge in [-0.15, -0.1) is 0 Å². The van der Waals surface area contributed by atoms with E-state index in [1.807, 2.05) is 0 Å². The standard InChI is InChI=1S/C17H27NO/c1-4-16(19-3)17(18-5-2)15-11-9-14(10-12-15)13-7-6-8-13/h9-13,16-18H,4-8H2,1-3H3. The molecule has 2 heteroatoms. The van der Waals surface area contributed by atoms with E-state index in [9.17, 15) is 0 Å². The fraction of sp³-hybridized carbons (Fsp3) is 0.647. The summed E-state index contributed by atoms with van der Waals surface area (Å²) in [5.41, 5.74) is 2.86. The summed E-state index contributed by atoms with van der Waals surface area (Å²) >= 11 is 0. The first kappa shape index (κ1) is 14.5. The van der Waals surface area contributed by atoms with Crippen molar-refractivity contribution in [1.82, 2.24) is 5.32 Å². The third-order valence-electron chi connectivity index (χ3n) is 4.37. The van der Waals surface area contributed by atoms with Gasteiger partial charge in [0.1, 0.15) is 0 Å². The van der Waals surface area contributed by atoms with Gasteiger partial charge < -0.3 is 10.1 Å². The number of likely N-dealkylation sites (N-methyl/N-ethyl adjacent to an activating group) is 1. The highest BCUT2D eigenvalue weighted by Gasteiger charge is 2.22. The Labute approximate surface area is 117 Å². The Kier molecular flexibility index (Phi) is 5.41. The van der Waals surface area contributed by atoms with Gasteiger partial charge in [-0.2, -0.15) is 0 Å². The summed E-state index contributed by atoms with van der Waals surface area (Å²) in [5.74, 6) is 0.816. The fourth-order valence-corrected chi connectivity index (χ4v) is 2.94. The van der Waals surface area contributed by atoms with E-state index in [0.29, 0.717) is 6.04 Å². The molecule has 1 aromatic rings. The predicted octanol–water partition coefficient (Wildman–Crippen LogP) is 4.03. The van der Waals surface area contributed by atoms with Crippen LogP contribution < -0.4 is 5.32 Å². The van der Waals surface area contributed by atoms with Crippen molar-refractivity contribution in [2.45, 2.75) is 57.6 Å². The molecule has 1 aliphatic rings. The Morgan fingerprint density at radius 2 is 1.89 bits per heavy atom. The molecule has 0 spiro atoms. The fourth-order valence-electron chi connectivity index (χ4n) is 2.94. The van der Waals surface area contributed by atoms with E-state index in [0.717, 1.165) is 18.9 Å². The van der Waals surface area contributed by atoms with Crippen LogP contribution in [0.4, 0.5) is 0 Å². The number of hydrogen-bond acceptors (Lipinski definition) is 2. The first-order valence-electron chi connectivity index (χ1n) is 7.66.